The van der Waals surface area contributed by atoms with Gasteiger partial charge in [0.2, 0.25) is 5.91 Å². The Morgan fingerprint density at radius 2 is 2.20 bits per heavy atom. The molecule has 0 aliphatic carbocycles. The van der Waals surface area contributed by atoms with Gasteiger partial charge >= 0.3 is 0 Å². The summed E-state index contributed by atoms with van der Waals surface area (Å²) in [7, 11) is 0. The van der Waals surface area contributed by atoms with Crippen LogP contribution in [0.15, 0.2) is 12.3 Å². The number of hydrogen-bond acceptors (Lipinski definition) is 3. The van der Waals surface area contributed by atoms with E-state index in [4.69, 9.17) is 0 Å². The molecule has 0 unspecified atom stereocenters. The van der Waals surface area contributed by atoms with E-state index in [0.29, 0.717) is 13.0 Å². The first-order valence-corrected chi connectivity index (χ1v) is 6.78. The molecule has 0 saturated heterocycles. The second-order valence-electron chi connectivity index (χ2n) is 5.11. The molecule has 0 aromatic carbocycles. The molecular weight excluding hydrogens is 254 g/mol. The number of rotatable bonds is 5. The Morgan fingerprint density at radius 3 is 2.75 bits per heavy atom. The van der Waals surface area contributed by atoms with Crippen LogP contribution in [0, 0.1) is 20.8 Å². The van der Waals surface area contributed by atoms with Crippen molar-refractivity contribution >= 4 is 5.91 Å². The molecule has 108 valence electrons. The third kappa shape index (κ3) is 3.26. The smallest absolute Gasteiger partial charge is 0.222 e. The Hall–Kier alpha value is -2.11. The second-order valence-corrected chi connectivity index (χ2v) is 5.11. The molecule has 0 spiro atoms. The highest BCUT2D eigenvalue weighted by molar-refractivity contribution is 5.76. The van der Waals surface area contributed by atoms with E-state index in [1.54, 1.807) is 4.68 Å². The van der Waals surface area contributed by atoms with Crippen molar-refractivity contribution in [1.29, 1.82) is 0 Å². The Kier molecular flexibility index (Phi) is 4.22. The SMILES string of the molecule is Cc1ccn(CCC(=O)N[C@@H](C)c2c(C)n[nH]c2C)n1. The lowest BCUT2D eigenvalue weighted by atomic mass is 10.1. The van der Waals surface area contributed by atoms with Gasteiger partial charge in [0.25, 0.3) is 0 Å². The fourth-order valence-electron chi connectivity index (χ4n) is 2.39. The second kappa shape index (κ2) is 5.90. The highest BCUT2D eigenvalue weighted by Gasteiger charge is 2.16. The van der Waals surface area contributed by atoms with Crippen molar-refractivity contribution in [2.75, 3.05) is 0 Å². The molecule has 0 aliphatic rings. The van der Waals surface area contributed by atoms with Gasteiger partial charge in [-0.15, -0.1) is 0 Å². The maximum Gasteiger partial charge on any atom is 0.222 e. The number of aryl methyl sites for hydroxylation is 4. The topological polar surface area (TPSA) is 75.6 Å². The van der Waals surface area contributed by atoms with Crippen LogP contribution in [0.3, 0.4) is 0 Å². The van der Waals surface area contributed by atoms with Crippen LogP contribution in [-0.2, 0) is 11.3 Å². The van der Waals surface area contributed by atoms with Crippen molar-refractivity contribution in [2.24, 2.45) is 0 Å². The minimum Gasteiger partial charge on any atom is -0.349 e. The zero-order chi connectivity index (χ0) is 14.7. The first-order chi connectivity index (χ1) is 9.47. The van der Waals surface area contributed by atoms with Gasteiger partial charge in [-0.1, -0.05) is 0 Å². The molecule has 0 aliphatic heterocycles. The molecule has 6 nitrogen and oxygen atoms in total. The fourth-order valence-corrected chi connectivity index (χ4v) is 2.39. The predicted molar refractivity (Wildman–Crippen MR) is 76.2 cm³/mol. The number of H-pyrrole nitrogens is 1. The molecular formula is C14H21N5O. The summed E-state index contributed by atoms with van der Waals surface area (Å²) in [6, 6.07) is 1.89. The van der Waals surface area contributed by atoms with Gasteiger partial charge < -0.3 is 5.32 Å². The molecule has 1 amide bonds. The molecule has 0 fully saturated rings. The van der Waals surface area contributed by atoms with E-state index >= 15 is 0 Å². The monoisotopic (exact) mass is 275 g/mol. The largest absolute Gasteiger partial charge is 0.349 e. The van der Waals surface area contributed by atoms with Crippen molar-refractivity contribution in [3.8, 4) is 0 Å². The molecule has 0 bridgehead atoms. The van der Waals surface area contributed by atoms with Gasteiger partial charge in [-0.05, 0) is 33.8 Å². The van der Waals surface area contributed by atoms with E-state index in [0.717, 1.165) is 22.6 Å². The van der Waals surface area contributed by atoms with Crippen molar-refractivity contribution in [3.63, 3.8) is 0 Å². The minimum absolute atomic E-state index is 0.0191. The van der Waals surface area contributed by atoms with Crippen LogP contribution < -0.4 is 5.32 Å². The highest BCUT2D eigenvalue weighted by atomic mass is 16.1. The van der Waals surface area contributed by atoms with Crippen LogP contribution >= 0.6 is 0 Å². The molecule has 2 heterocycles. The lowest BCUT2D eigenvalue weighted by Gasteiger charge is -2.14. The number of aromatic nitrogens is 4. The Morgan fingerprint density at radius 1 is 1.45 bits per heavy atom. The minimum atomic E-state index is -0.0411. The van der Waals surface area contributed by atoms with E-state index in [-0.39, 0.29) is 11.9 Å². The zero-order valence-electron chi connectivity index (χ0n) is 12.4. The third-order valence-corrected chi connectivity index (χ3v) is 3.34. The summed E-state index contributed by atoms with van der Waals surface area (Å²) in [6.07, 6.45) is 2.30. The molecule has 0 saturated carbocycles. The lowest BCUT2D eigenvalue weighted by molar-refractivity contribution is -0.122. The average molecular weight is 275 g/mol. The van der Waals surface area contributed by atoms with E-state index in [1.807, 2.05) is 40.0 Å². The third-order valence-electron chi connectivity index (χ3n) is 3.34. The van der Waals surface area contributed by atoms with Crippen LogP contribution in [0.25, 0.3) is 0 Å². The number of nitrogens with one attached hydrogen (secondary N) is 2. The van der Waals surface area contributed by atoms with Gasteiger partial charge in [0.1, 0.15) is 0 Å². The van der Waals surface area contributed by atoms with Crippen LogP contribution in [-0.4, -0.2) is 25.9 Å². The Bertz CT molecular complexity index is 579. The number of carbonyl (C=O) groups is 1. The van der Waals surface area contributed by atoms with Gasteiger partial charge in [-0.25, -0.2) is 0 Å². The van der Waals surface area contributed by atoms with Gasteiger partial charge in [0.05, 0.1) is 17.4 Å². The van der Waals surface area contributed by atoms with Crippen molar-refractivity contribution < 1.29 is 4.79 Å². The molecule has 2 rings (SSSR count). The van der Waals surface area contributed by atoms with Crippen LogP contribution in [0.2, 0.25) is 0 Å². The summed E-state index contributed by atoms with van der Waals surface area (Å²) in [6.45, 7) is 8.40. The molecule has 2 aromatic heterocycles. The van der Waals surface area contributed by atoms with Gasteiger partial charge in [0.15, 0.2) is 0 Å². The number of nitrogens with zero attached hydrogens (tertiary/aromatic N) is 3. The van der Waals surface area contributed by atoms with E-state index in [2.05, 4.69) is 20.6 Å². The van der Waals surface area contributed by atoms with Crippen molar-refractivity contribution in [2.45, 2.75) is 46.7 Å². The molecule has 2 aromatic rings. The van der Waals surface area contributed by atoms with Gasteiger partial charge in [-0.3, -0.25) is 14.6 Å². The van der Waals surface area contributed by atoms with E-state index < -0.39 is 0 Å². The number of amides is 1. The maximum atomic E-state index is 12.0. The summed E-state index contributed by atoms with van der Waals surface area (Å²) in [4.78, 5) is 12.0. The number of aromatic amines is 1. The first kappa shape index (κ1) is 14.3. The summed E-state index contributed by atoms with van der Waals surface area (Å²) < 4.78 is 1.79. The summed E-state index contributed by atoms with van der Waals surface area (Å²) in [5.74, 6) is 0.0191. The molecule has 20 heavy (non-hydrogen) atoms. The first-order valence-electron chi connectivity index (χ1n) is 6.78. The summed E-state index contributed by atoms with van der Waals surface area (Å²) in [5, 5.41) is 14.3. The van der Waals surface area contributed by atoms with Gasteiger partial charge in [-0.2, -0.15) is 10.2 Å². The molecule has 2 N–H and O–H groups in total. The summed E-state index contributed by atoms with van der Waals surface area (Å²) >= 11 is 0. The highest BCUT2D eigenvalue weighted by Crippen LogP contribution is 2.18. The molecule has 6 heteroatoms. The quantitative estimate of drug-likeness (QED) is 0.873. The van der Waals surface area contributed by atoms with Crippen molar-refractivity contribution in [1.82, 2.24) is 25.3 Å². The van der Waals surface area contributed by atoms with Gasteiger partial charge in [0, 0.05) is 30.4 Å². The van der Waals surface area contributed by atoms with Crippen molar-refractivity contribution in [3.05, 3.63) is 34.9 Å². The number of hydrogen-bond donors (Lipinski definition) is 2. The fraction of sp³-hybridized carbons (Fsp3) is 0.500. The average Bonchev–Trinajstić information content (AvgIpc) is 2.93. The molecule has 1 atom stereocenters. The van der Waals surface area contributed by atoms with E-state index in [9.17, 15) is 4.79 Å². The maximum absolute atomic E-state index is 12.0. The Labute approximate surface area is 118 Å². The number of carbonyl (C=O) groups excluding carboxylic acids is 1. The Balaban J connectivity index is 1.88. The summed E-state index contributed by atoms with van der Waals surface area (Å²) in [5.41, 5.74) is 3.95. The van der Waals surface area contributed by atoms with E-state index in [1.165, 1.54) is 0 Å². The van der Waals surface area contributed by atoms with Crippen LogP contribution in [0.1, 0.15) is 42.0 Å². The zero-order valence-corrected chi connectivity index (χ0v) is 12.4. The standard InChI is InChI=1S/C14H21N5O/c1-9-5-7-19(18-9)8-6-13(20)15-10(2)14-11(3)16-17-12(14)4/h5,7,10H,6,8H2,1-4H3,(H,15,20)(H,16,17)/t10-/m0/s1. The van der Waals surface area contributed by atoms with Crippen LogP contribution in [0.4, 0.5) is 0 Å². The van der Waals surface area contributed by atoms with Crippen LogP contribution in [0.5, 0.6) is 0 Å². The lowest BCUT2D eigenvalue weighted by Crippen LogP contribution is -2.28. The molecule has 0 radical (unpaired) electrons. The predicted octanol–water partition coefficient (Wildman–Crippen LogP) is 1.80. The normalized spacial score (nSPS) is 12.4.